The first kappa shape index (κ1) is 17.9. The van der Waals surface area contributed by atoms with Crippen LogP contribution in [0.5, 0.6) is 0 Å². The summed E-state index contributed by atoms with van der Waals surface area (Å²) in [5.74, 6) is 0.776. The van der Waals surface area contributed by atoms with Gasteiger partial charge in [0, 0.05) is 6.04 Å². The Hall–Kier alpha value is -2.47. The summed E-state index contributed by atoms with van der Waals surface area (Å²) in [7, 11) is 0. The maximum absolute atomic E-state index is 12.5. The first-order valence-electron chi connectivity index (χ1n) is 9.44. The van der Waals surface area contributed by atoms with Gasteiger partial charge in [0.25, 0.3) is 5.91 Å². The molecule has 1 amide bonds. The molecule has 3 aromatic rings. The summed E-state index contributed by atoms with van der Waals surface area (Å²) < 4.78 is 0. The van der Waals surface area contributed by atoms with Crippen LogP contribution in [0.4, 0.5) is 5.82 Å². The van der Waals surface area contributed by atoms with E-state index in [-0.39, 0.29) is 18.0 Å². The Morgan fingerprint density at radius 1 is 1.26 bits per heavy atom. The van der Waals surface area contributed by atoms with Crippen LogP contribution < -0.4 is 10.6 Å². The van der Waals surface area contributed by atoms with E-state index in [1.54, 1.807) is 6.33 Å². The number of fused-ring (bicyclic) bond motifs is 2. The smallest absolute Gasteiger partial charge is 0.261 e. The molecule has 0 saturated carbocycles. The number of carbonyl (C=O) groups is 1. The molecule has 0 aliphatic heterocycles. The highest BCUT2D eigenvalue weighted by molar-refractivity contribution is 7.20. The van der Waals surface area contributed by atoms with Gasteiger partial charge in [-0.2, -0.15) is 0 Å². The number of rotatable bonds is 4. The molecule has 0 radical (unpaired) electrons. The number of aryl methyl sites for hydroxylation is 2. The van der Waals surface area contributed by atoms with Gasteiger partial charge < -0.3 is 10.6 Å². The zero-order valence-corrected chi connectivity index (χ0v) is 16.7. The van der Waals surface area contributed by atoms with Crippen LogP contribution in [0.3, 0.4) is 0 Å². The van der Waals surface area contributed by atoms with Gasteiger partial charge in [-0.15, -0.1) is 11.3 Å². The molecule has 0 unspecified atom stereocenters. The topological polar surface area (TPSA) is 66.9 Å². The standard InChI is InChI=1S/C21H24N4OS/c1-12(2)24-20(26)18-13(3)17-19(22-11-23-21(17)27-18)25-16-10-6-8-14-7-4-5-9-15(14)16/h4-5,7,9,11-12,16H,6,8,10H2,1-3H3,(H,24,26)(H,22,23,25)/t16-/m0/s1. The summed E-state index contributed by atoms with van der Waals surface area (Å²) in [6, 6.07) is 8.95. The largest absolute Gasteiger partial charge is 0.363 e. The lowest BCUT2D eigenvalue weighted by molar-refractivity contribution is 0.0947. The van der Waals surface area contributed by atoms with Gasteiger partial charge in [-0.1, -0.05) is 24.3 Å². The summed E-state index contributed by atoms with van der Waals surface area (Å²) in [6.07, 6.45) is 4.95. The Labute approximate surface area is 163 Å². The van der Waals surface area contributed by atoms with Crippen LogP contribution in [0.25, 0.3) is 10.2 Å². The number of hydrogen-bond donors (Lipinski definition) is 2. The second kappa shape index (κ2) is 7.27. The van der Waals surface area contributed by atoms with E-state index in [1.165, 1.54) is 22.5 Å². The Morgan fingerprint density at radius 3 is 2.89 bits per heavy atom. The van der Waals surface area contributed by atoms with Gasteiger partial charge in [-0.25, -0.2) is 9.97 Å². The molecule has 0 saturated heterocycles. The molecule has 2 N–H and O–H groups in total. The third-order valence-corrected chi connectivity index (χ3v) is 6.23. The van der Waals surface area contributed by atoms with Crippen LogP contribution in [-0.4, -0.2) is 21.9 Å². The normalized spacial score (nSPS) is 16.4. The molecule has 4 rings (SSSR count). The molecular formula is C21H24N4OS. The fourth-order valence-corrected chi connectivity index (χ4v) is 4.85. The van der Waals surface area contributed by atoms with Crippen LogP contribution in [0.2, 0.25) is 0 Å². The first-order chi connectivity index (χ1) is 13.0. The third kappa shape index (κ3) is 3.41. The molecule has 27 heavy (non-hydrogen) atoms. The highest BCUT2D eigenvalue weighted by atomic mass is 32.1. The number of amides is 1. The highest BCUT2D eigenvalue weighted by Crippen LogP contribution is 2.37. The summed E-state index contributed by atoms with van der Waals surface area (Å²) in [4.78, 5) is 23.0. The highest BCUT2D eigenvalue weighted by Gasteiger charge is 2.23. The van der Waals surface area contributed by atoms with Crippen molar-refractivity contribution in [3.63, 3.8) is 0 Å². The number of nitrogens with one attached hydrogen (secondary N) is 2. The van der Waals surface area contributed by atoms with E-state index in [0.717, 1.165) is 40.9 Å². The first-order valence-corrected chi connectivity index (χ1v) is 10.3. The number of carbonyl (C=O) groups excluding carboxylic acids is 1. The van der Waals surface area contributed by atoms with E-state index in [1.807, 2.05) is 20.8 Å². The van der Waals surface area contributed by atoms with Crippen molar-refractivity contribution in [2.45, 2.75) is 52.1 Å². The van der Waals surface area contributed by atoms with Gasteiger partial charge in [-0.3, -0.25) is 4.79 Å². The van der Waals surface area contributed by atoms with Gasteiger partial charge >= 0.3 is 0 Å². The van der Waals surface area contributed by atoms with Gasteiger partial charge in [0.15, 0.2) is 0 Å². The second-order valence-electron chi connectivity index (χ2n) is 7.37. The number of thiophene rings is 1. The van der Waals surface area contributed by atoms with Gasteiger partial charge in [0.2, 0.25) is 0 Å². The average molecular weight is 381 g/mol. The van der Waals surface area contributed by atoms with E-state index in [2.05, 4.69) is 44.9 Å². The Balaban J connectivity index is 1.71. The summed E-state index contributed by atoms with van der Waals surface area (Å²) >= 11 is 1.43. The van der Waals surface area contributed by atoms with Crippen LogP contribution in [0.1, 0.15) is 59.1 Å². The van der Waals surface area contributed by atoms with Gasteiger partial charge in [0.1, 0.15) is 17.0 Å². The molecule has 1 aliphatic carbocycles. The number of aromatic nitrogens is 2. The van der Waals surface area contributed by atoms with Crippen molar-refractivity contribution in [1.29, 1.82) is 0 Å². The van der Waals surface area contributed by atoms with Crippen molar-refractivity contribution in [3.05, 3.63) is 52.2 Å². The van der Waals surface area contributed by atoms with E-state index in [0.29, 0.717) is 4.88 Å². The molecule has 0 spiro atoms. The zero-order valence-electron chi connectivity index (χ0n) is 15.9. The van der Waals surface area contributed by atoms with E-state index < -0.39 is 0 Å². The van der Waals surface area contributed by atoms with Gasteiger partial charge in [0.05, 0.1) is 16.3 Å². The zero-order chi connectivity index (χ0) is 19.0. The number of hydrogen-bond acceptors (Lipinski definition) is 5. The Bertz CT molecular complexity index is 995. The molecule has 6 heteroatoms. The molecule has 140 valence electrons. The average Bonchev–Trinajstić information content (AvgIpc) is 2.99. The molecule has 2 heterocycles. The van der Waals surface area contributed by atoms with Gasteiger partial charge in [-0.05, 0) is 56.7 Å². The lowest BCUT2D eigenvalue weighted by atomic mass is 9.87. The van der Waals surface area contributed by atoms with Crippen LogP contribution in [0, 0.1) is 6.92 Å². The molecule has 2 aromatic heterocycles. The predicted octanol–water partition coefficient (Wildman–Crippen LogP) is 4.63. The van der Waals surface area contributed by atoms with Crippen molar-refractivity contribution >= 4 is 33.3 Å². The molecule has 0 fully saturated rings. The summed E-state index contributed by atoms with van der Waals surface area (Å²) in [6.45, 7) is 5.92. The molecule has 1 atom stereocenters. The minimum Gasteiger partial charge on any atom is -0.363 e. The Morgan fingerprint density at radius 2 is 2.07 bits per heavy atom. The Kier molecular flexibility index (Phi) is 4.83. The lowest BCUT2D eigenvalue weighted by Crippen LogP contribution is -2.29. The van der Waals surface area contributed by atoms with Crippen molar-refractivity contribution < 1.29 is 4.79 Å². The molecular weight excluding hydrogens is 356 g/mol. The monoisotopic (exact) mass is 380 g/mol. The fraction of sp³-hybridized carbons (Fsp3) is 0.381. The number of anilines is 1. The molecule has 0 bridgehead atoms. The lowest BCUT2D eigenvalue weighted by Gasteiger charge is -2.27. The van der Waals surface area contributed by atoms with Crippen LogP contribution in [0.15, 0.2) is 30.6 Å². The molecule has 5 nitrogen and oxygen atoms in total. The van der Waals surface area contributed by atoms with Crippen LogP contribution in [-0.2, 0) is 6.42 Å². The quantitative estimate of drug-likeness (QED) is 0.693. The minimum absolute atomic E-state index is 0.0422. The van der Waals surface area contributed by atoms with Crippen molar-refractivity contribution in [2.24, 2.45) is 0 Å². The van der Waals surface area contributed by atoms with Crippen molar-refractivity contribution in [3.8, 4) is 0 Å². The van der Waals surface area contributed by atoms with E-state index >= 15 is 0 Å². The minimum atomic E-state index is -0.0422. The number of benzene rings is 1. The van der Waals surface area contributed by atoms with Crippen LogP contribution >= 0.6 is 11.3 Å². The molecule has 1 aromatic carbocycles. The predicted molar refractivity (Wildman–Crippen MR) is 110 cm³/mol. The molecule has 1 aliphatic rings. The summed E-state index contributed by atoms with van der Waals surface area (Å²) in [5, 5.41) is 7.57. The summed E-state index contributed by atoms with van der Waals surface area (Å²) in [5.41, 5.74) is 3.70. The maximum atomic E-state index is 12.5. The maximum Gasteiger partial charge on any atom is 0.261 e. The SMILES string of the molecule is Cc1c(C(=O)NC(C)C)sc2ncnc(N[C@H]3CCCc4ccccc43)c12. The van der Waals surface area contributed by atoms with Crippen molar-refractivity contribution in [1.82, 2.24) is 15.3 Å². The second-order valence-corrected chi connectivity index (χ2v) is 8.37. The van der Waals surface area contributed by atoms with E-state index in [4.69, 9.17) is 0 Å². The third-order valence-electron chi connectivity index (χ3n) is 5.03. The fourth-order valence-electron chi connectivity index (χ4n) is 3.79. The van der Waals surface area contributed by atoms with Crippen molar-refractivity contribution in [2.75, 3.05) is 5.32 Å². The number of nitrogens with zero attached hydrogens (tertiary/aromatic N) is 2. The van der Waals surface area contributed by atoms with E-state index in [9.17, 15) is 4.79 Å².